The van der Waals surface area contributed by atoms with Crippen LogP contribution >= 0.6 is 34.3 Å². The summed E-state index contributed by atoms with van der Waals surface area (Å²) in [6.07, 6.45) is 0.0741. The molecule has 32 heavy (non-hydrogen) atoms. The van der Waals surface area contributed by atoms with Crippen LogP contribution in [0.5, 0.6) is 0 Å². The van der Waals surface area contributed by atoms with Crippen molar-refractivity contribution in [2.45, 2.75) is 26.8 Å². The molecule has 2 amide bonds. The van der Waals surface area contributed by atoms with E-state index >= 15 is 0 Å². The van der Waals surface area contributed by atoms with Gasteiger partial charge in [-0.2, -0.15) is 0 Å². The molecule has 1 N–H and O–H groups in total. The second kappa shape index (κ2) is 9.48. The van der Waals surface area contributed by atoms with Gasteiger partial charge in [0.05, 0.1) is 30.3 Å². The standard InChI is InChI=1S/C22H21ClN2O5S2/c1-3-29-21(27)16-12-9-10-25(22(28)30-4-2)11-15(12)32-20(16)24-19(26)18-17(23)13-7-5-6-8-14(13)31-18/h5-8H,3-4,9-11H2,1-2H3,(H,24,26). The summed E-state index contributed by atoms with van der Waals surface area (Å²) in [4.78, 5) is 40.8. The number of nitrogens with one attached hydrogen (secondary N) is 1. The lowest BCUT2D eigenvalue weighted by Crippen LogP contribution is -2.36. The molecule has 0 radical (unpaired) electrons. The molecule has 0 fully saturated rings. The van der Waals surface area contributed by atoms with E-state index in [1.54, 1.807) is 18.7 Å². The third kappa shape index (κ3) is 4.20. The zero-order valence-electron chi connectivity index (χ0n) is 17.5. The van der Waals surface area contributed by atoms with Crippen LogP contribution in [0.3, 0.4) is 0 Å². The summed E-state index contributed by atoms with van der Waals surface area (Å²) in [5.41, 5.74) is 1.15. The van der Waals surface area contributed by atoms with Crippen molar-refractivity contribution in [1.29, 1.82) is 0 Å². The van der Waals surface area contributed by atoms with Gasteiger partial charge >= 0.3 is 12.1 Å². The summed E-state index contributed by atoms with van der Waals surface area (Å²) in [6, 6.07) is 7.52. The molecule has 1 aliphatic heterocycles. The van der Waals surface area contributed by atoms with Crippen molar-refractivity contribution in [3.63, 3.8) is 0 Å². The number of esters is 1. The monoisotopic (exact) mass is 492 g/mol. The van der Waals surface area contributed by atoms with Crippen LogP contribution < -0.4 is 5.32 Å². The first-order valence-electron chi connectivity index (χ1n) is 10.2. The van der Waals surface area contributed by atoms with Crippen molar-refractivity contribution < 1.29 is 23.9 Å². The number of hydrogen-bond donors (Lipinski definition) is 1. The largest absolute Gasteiger partial charge is 0.462 e. The molecule has 1 aliphatic rings. The molecular formula is C22H21ClN2O5S2. The molecule has 2 aromatic heterocycles. The molecule has 0 spiro atoms. The third-order valence-corrected chi connectivity index (χ3v) is 7.84. The highest BCUT2D eigenvalue weighted by Crippen LogP contribution is 2.40. The number of nitrogens with zero attached hydrogens (tertiary/aromatic N) is 1. The van der Waals surface area contributed by atoms with E-state index in [1.807, 2.05) is 24.3 Å². The van der Waals surface area contributed by atoms with Gasteiger partial charge in [0.15, 0.2) is 0 Å². The number of carbonyl (C=O) groups is 3. The predicted octanol–water partition coefficient (Wildman–Crippen LogP) is 5.56. The number of anilines is 1. The van der Waals surface area contributed by atoms with Crippen molar-refractivity contribution in [3.05, 3.63) is 50.2 Å². The molecule has 0 unspecified atom stereocenters. The highest BCUT2D eigenvalue weighted by atomic mass is 35.5. The van der Waals surface area contributed by atoms with E-state index < -0.39 is 12.1 Å². The summed E-state index contributed by atoms with van der Waals surface area (Å²) in [5.74, 6) is -0.880. The van der Waals surface area contributed by atoms with E-state index in [0.717, 1.165) is 20.5 Å². The molecule has 0 atom stereocenters. The second-order valence-electron chi connectivity index (χ2n) is 6.99. The highest BCUT2D eigenvalue weighted by Gasteiger charge is 2.32. The molecule has 0 bridgehead atoms. The van der Waals surface area contributed by atoms with E-state index in [2.05, 4.69) is 5.32 Å². The van der Waals surface area contributed by atoms with Crippen molar-refractivity contribution in [1.82, 2.24) is 4.90 Å². The number of fused-ring (bicyclic) bond motifs is 2. The quantitative estimate of drug-likeness (QED) is 0.471. The molecule has 0 aliphatic carbocycles. The van der Waals surface area contributed by atoms with Crippen LogP contribution in [0.4, 0.5) is 9.80 Å². The van der Waals surface area contributed by atoms with Crippen LogP contribution in [-0.2, 0) is 22.4 Å². The predicted molar refractivity (Wildman–Crippen MR) is 126 cm³/mol. The van der Waals surface area contributed by atoms with Crippen LogP contribution in [0.1, 0.15) is 44.3 Å². The molecule has 0 saturated carbocycles. The maximum atomic E-state index is 13.1. The van der Waals surface area contributed by atoms with Gasteiger partial charge in [-0.25, -0.2) is 9.59 Å². The fourth-order valence-corrected chi connectivity index (χ4v) is 6.26. The first-order chi connectivity index (χ1) is 15.4. The number of carbonyl (C=O) groups excluding carboxylic acids is 3. The van der Waals surface area contributed by atoms with Gasteiger partial charge in [0.25, 0.3) is 5.91 Å². The maximum Gasteiger partial charge on any atom is 0.410 e. The fraction of sp³-hybridized carbons (Fsp3) is 0.318. The third-order valence-electron chi connectivity index (χ3n) is 5.03. The lowest BCUT2D eigenvalue weighted by molar-refractivity contribution is 0.0526. The molecular weight excluding hydrogens is 472 g/mol. The number of halogens is 1. The number of hydrogen-bond acceptors (Lipinski definition) is 7. The number of ether oxygens (including phenoxy) is 2. The Hall–Kier alpha value is -2.62. The lowest BCUT2D eigenvalue weighted by atomic mass is 10.0. The normalized spacial score (nSPS) is 13.0. The summed E-state index contributed by atoms with van der Waals surface area (Å²) in [7, 11) is 0. The molecule has 168 valence electrons. The smallest absolute Gasteiger partial charge is 0.410 e. The van der Waals surface area contributed by atoms with Crippen molar-refractivity contribution in [2.75, 3.05) is 25.1 Å². The van der Waals surface area contributed by atoms with Crippen LogP contribution in [0.2, 0.25) is 5.02 Å². The molecule has 3 aromatic rings. The molecule has 7 nitrogen and oxygen atoms in total. The number of rotatable bonds is 5. The van der Waals surface area contributed by atoms with Gasteiger partial charge in [0.2, 0.25) is 0 Å². The second-order valence-corrected chi connectivity index (χ2v) is 9.53. The summed E-state index contributed by atoms with van der Waals surface area (Å²) in [6.45, 7) is 4.72. The Morgan fingerprint density at radius 3 is 2.59 bits per heavy atom. The van der Waals surface area contributed by atoms with Gasteiger partial charge in [-0.15, -0.1) is 22.7 Å². The SMILES string of the molecule is CCOC(=O)c1c(NC(=O)c2sc3ccccc3c2Cl)sc2c1CCN(C(=O)OCC)C2. The van der Waals surface area contributed by atoms with Gasteiger partial charge < -0.3 is 19.7 Å². The molecule has 1 aromatic carbocycles. The molecule has 0 saturated heterocycles. The Bertz CT molecular complexity index is 1200. The minimum atomic E-state index is -0.493. The highest BCUT2D eigenvalue weighted by molar-refractivity contribution is 7.22. The fourth-order valence-electron chi connectivity index (χ4n) is 3.60. The van der Waals surface area contributed by atoms with E-state index in [1.165, 1.54) is 22.7 Å². The topological polar surface area (TPSA) is 84.9 Å². The first kappa shape index (κ1) is 22.6. The Morgan fingerprint density at radius 2 is 1.88 bits per heavy atom. The maximum absolute atomic E-state index is 13.1. The van der Waals surface area contributed by atoms with Crippen LogP contribution in [0, 0.1) is 0 Å². The van der Waals surface area contributed by atoms with Gasteiger partial charge in [0, 0.05) is 21.5 Å². The van der Waals surface area contributed by atoms with E-state index in [-0.39, 0.29) is 19.1 Å². The lowest BCUT2D eigenvalue weighted by Gasteiger charge is -2.26. The van der Waals surface area contributed by atoms with E-state index in [4.69, 9.17) is 21.1 Å². The van der Waals surface area contributed by atoms with Crippen LogP contribution in [-0.4, -0.2) is 42.6 Å². The van der Waals surface area contributed by atoms with Gasteiger partial charge in [0.1, 0.15) is 9.88 Å². The Labute approximate surface area is 197 Å². The van der Waals surface area contributed by atoms with Gasteiger partial charge in [-0.3, -0.25) is 4.79 Å². The Kier molecular flexibility index (Phi) is 6.68. The molecule has 10 heteroatoms. The van der Waals surface area contributed by atoms with E-state index in [0.29, 0.717) is 40.0 Å². The van der Waals surface area contributed by atoms with Crippen molar-refractivity contribution in [3.8, 4) is 0 Å². The average Bonchev–Trinajstić information content (AvgIpc) is 3.31. The van der Waals surface area contributed by atoms with Gasteiger partial charge in [-0.1, -0.05) is 29.8 Å². The zero-order chi connectivity index (χ0) is 22.8. The summed E-state index contributed by atoms with van der Waals surface area (Å²) in [5, 5.41) is 4.46. The summed E-state index contributed by atoms with van der Waals surface area (Å²) < 4.78 is 11.3. The number of benzene rings is 1. The van der Waals surface area contributed by atoms with Crippen molar-refractivity contribution in [2.24, 2.45) is 0 Å². The van der Waals surface area contributed by atoms with Crippen LogP contribution in [0.25, 0.3) is 10.1 Å². The minimum Gasteiger partial charge on any atom is -0.462 e. The zero-order valence-corrected chi connectivity index (χ0v) is 19.9. The average molecular weight is 493 g/mol. The van der Waals surface area contributed by atoms with E-state index in [9.17, 15) is 14.4 Å². The number of thiophene rings is 2. The Balaban J connectivity index is 1.67. The van der Waals surface area contributed by atoms with Crippen molar-refractivity contribution >= 4 is 67.3 Å². The summed E-state index contributed by atoms with van der Waals surface area (Å²) >= 11 is 9.02. The number of amides is 2. The van der Waals surface area contributed by atoms with Gasteiger partial charge in [-0.05, 0) is 31.9 Å². The molecule has 4 rings (SSSR count). The van der Waals surface area contributed by atoms with Crippen LogP contribution in [0.15, 0.2) is 24.3 Å². The Morgan fingerprint density at radius 1 is 1.12 bits per heavy atom. The molecule has 3 heterocycles. The first-order valence-corrected chi connectivity index (χ1v) is 12.2. The minimum absolute atomic E-state index is 0.216.